The highest BCUT2D eigenvalue weighted by atomic mass is 16.2. The lowest BCUT2D eigenvalue weighted by atomic mass is 10.1. The van der Waals surface area contributed by atoms with Crippen LogP contribution >= 0.6 is 0 Å². The van der Waals surface area contributed by atoms with E-state index in [0.717, 1.165) is 19.6 Å². The summed E-state index contributed by atoms with van der Waals surface area (Å²) in [7, 11) is 0. The van der Waals surface area contributed by atoms with Crippen LogP contribution in [0.15, 0.2) is 6.07 Å². The Bertz CT molecular complexity index is 539. The van der Waals surface area contributed by atoms with Crippen LogP contribution in [-0.2, 0) is 5.54 Å². The van der Waals surface area contributed by atoms with Gasteiger partial charge in [-0.25, -0.2) is 0 Å². The number of carbonyl (C=O) groups is 1. The van der Waals surface area contributed by atoms with Gasteiger partial charge in [0.1, 0.15) is 0 Å². The summed E-state index contributed by atoms with van der Waals surface area (Å²) in [5.41, 5.74) is 1.76. The number of rotatable bonds is 2. The molecule has 2 fully saturated rings. The largest absolute Gasteiger partial charge is 0.332 e. The summed E-state index contributed by atoms with van der Waals surface area (Å²) in [6, 6.07) is 2.26. The van der Waals surface area contributed by atoms with E-state index in [9.17, 15) is 4.79 Å². The maximum absolute atomic E-state index is 12.8. The molecule has 0 unspecified atom stereocenters. The van der Waals surface area contributed by atoms with Crippen molar-refractivity contribution in [1.29, 1.82) is 0 Å². The highest BCUT2D eigenvalue weighted by molar-refractivity contribution is 5.92. The summed E-state index contributed by atoms with van der Waals surface area (Å²) in [6.07, 6.45) is 2.44. The number of nitrogens with one attached hydrogen (secondary N) is 1. The van der Waals surface area contributed by atoms with E-state index in [2.05, 4.69) is 42.8 Å². The van der Waals surface area contributed by atoms with Crippen LogP contribution in [0.3, 0.4) is 0 Å². The van der Waals surface area contributed by atoms with Crippen LogP contribution in [-0.4, -0.2) is 46.3 Å². The normalized spacial score (nSPS) is 23.4. The van der Waals surface area contributed by atoms with Gasteiger partial charge in [0, 0.05) is 37.3 Å². The minimum atomic E-state index is -0.0779. The molecule has 1 saturated heterocycles. The number of carbonyl (C=O) groups excluding carboxylic acids is 1. The van der Waals surface area contributed by atoms with Crippen molar-refractivity contribution in [2.24, 2.45) is 0 Å². The van der Waals surface area contributed by atoms with Crippen LogP contribution in [0.5, 0.6) is 0 Å². The first-order valence-corrected chi connectivity index (χ1v) is 8.00. The first kappa shape index (κ1) is 14.6. The highest BCUT2D eigenvalue weighted by Crippen LogP contribution is 2.41. The van der Waals surface area contributed by atoms with Gasteiger partial charge in [-0.3, -0.25) is 9.48 Å². The molecule has 116 valence electrons. The molecule has 1 aromatic rings. The number of nitrogens with zero attached hydrogens (tertiary/aromatic N) is 3. The zero-order valence-corrected chi connectivity index (χ0v) is 13.5. The van der Waals surface area contributed by atoms with E-state index in [-0.39, 0.29) is 17.5 Å². The van der Waals surface area contributed by atoms with E-state index in [4.69, 9.17) is 0 Å². The van der Waals surface area contributed by atoms with Gasteiger partial charge < -0.3 is 10.2 Å². The average molecular weight is 290 g/mol. The summed E-state index contributed by atoms with van der Waals surface area (Å²) < 4.78 is 2.06. The van der Waals surface area contributed by atoms with Gasteiger partial charge >= 0.3 is 0 Å². The van der Waals surface area contributed by atoms with Crippen molar-refractivity contribution < 1.29 is 4.79 Å². The number of hydrogen-bond donors (Lipinski definition) is 1. The molecular formula is C16H26N4O. The molecule has 0 bridgehead atoms. The van der Waals surface area contributed by atoms with E-state index in [0.29, 0.717) is 11.6 Å². The van der Waals surface area contributed by atoms with Crippen molar-refractivity contribution >= 4 is 5.91 Å². The van der Waals surface area contributed by atoms with E-state index < -0.39 is 0 Å². The second-order valence-electron chi connectivity index (χ2n) is 7.36. The van der Waals surface area contributed by atoms with Gasteiger partial charge in [-0.15, -0.1) is 0 Å². The molecule has 1 aliphatic carbocycles. The van der Waals surface area contributed by atoms with E-state index in [1.165, 1.54) is 18.5 Å². The van der Waals surface area contributed by atoms with Crippen molar-refractivity contribution in [3.8, 4) is 0 Å². The number of amides is 1. The SMILES string of the molecule is C[C@H]1CNCCN1C(=O)c1cc(C2CC2)n(C(C)(C)C)n1. The maximum atomic E-state index is 12.8. The Labute approximate surface area is 126 Å². The Morgan fingerprint density at radius 2 is 2.10 bits per heavy atom. The lowest BCUT2D eigenvalue weighted by molar-refractivity contribution is 0.0648. The average Bonchev–Trinajstić information content (AvgIpc) is 3.16. The summed E-state index contributed by atoms with van der Waals surface area (Å²) in [4.78, 5) is 14.7. The van der Waals surface area contributed by atoms with Gasteiger partial charge in [0.25, 0.3) is 5.91 Å². The highest BCUT2D eigenvalue weighted by Gasteiger charge is 2.34. The molecule has 5 heteroatoms. The van der Waals surface area contributed by atoms with Gasteiger partial charge in [0.15, 0.2) is 5.69 Å². The third-order valence-corrected chi connectivity index (χ3v) is 4.35. The molecule has 1 atom stereocenters. The molecule has 2 heterocycles. The van der Waals surface area contributed by atoms with E-state index >= 15 is 0 Å². The van der Waals surface area contributed by atoms with Gasteiger partial charge in [0.05, 0.1) is 5.54 Å². The topological polar surface area (TPSA) is 50.2 Å². The molecule has 1 N–H and O–H groups in total. The molecule has 2 aliphatic rings. The molecule has 0 spiro atoms. The van der Waals surface area contributed by atoms with Crippen molar-refractivity contribution in [2.75, 3.05) is 19.6 Å². The van der Waals surface area contributed by atoms with Crippen molar-refractivity contribution in [2.45, 2.75) is 58.0 Å². The number of piperazine rings is 1. The minimum Gasteiger partial charge on any atom is -0.332 e. The fourth-order valence-corrected chi connectivity index (χ4v) is 3.00. The number of aromatic nitrogens is 2. The van der Waals surface area contributed by atoms with Crippen LogP contribution in [0.25, 0.3) is 0 Å². The van der Waals surface area contributed by atoms with Gasteiger partial charge in [-0.2, -0.15) is 5.10 Å². The van der Waals surface area contributed by atoms with Crippen LogP contribution in [0.4, 0.5) is 0 Å². The lowest BCUT2D eigenvalue weighted by Gasteiger charge is -2.33. The lowest BCUT2D eigenvalue weighted by Crippen LogP contribution is -2.52. The van der Waals surface area contributed by atoms with Crippen molar-refractivity contribution in [3.63, 3.8) is 0 Å². The fraction of sp³-hybridized carbons (Fsp3) is 0.750. The first-order valence-electron chi connectivity index (χ1n) is 8.00. The van der Waals surface area contributed by atoms with Crippen molar-refractivity contribution in [1.82, 2.24) is 20.0 Å². The maximum Gasteiger partial charge on any atom is 0.274 e. The minimum absolute atomic E-state index is 0.0777. The Morgan fingerprint density at radius 1 is 1.38 bits per heavy atom. The summed E-state index contributed by atoms with van der Waals surface area (Å²) in [5.74, 6) is 0.674. The van der Waals surface area contributed by atoms with Crippen molar-refractivity contribution in [3.05, 3.63) is 17.5 Å². The summed E-state index contributed by atoms with van der Waals surface area (Å²) >= 11 is 0. The first-order chi connectivity index (χ1) is 9.88. The second-order valence-corrected chi connectivity index (χ2v) is 7.36. The molecule has 1 aliphatic heterocycles. The third-order valence-electron chi connectivity index (χ3n) is 4.35. The summed E-state index contributed by atoms with van der Waals surface area (Å²) in [5, 5.41) is 7.98. The van der Waals surface area contributed by atoms with Gasteiger partial charge in [0.2, 0.25) is 0 Å². The molecule has 5 nitrogen and oxygen atoms in total. The monoisotopic (exact) mass is 290 g/mol. The Morgan fingerprint density at radius 3 is 2.67 bits per heavy atom. The predicted molar refractivity (Wildman–Crippen MR) is 82.6 cm³/mol. The third kappa shape index (κ3) is 2.84. The molecule has 0 radical (unpaired) electrons. The Hall–Kier alpha value is -1.36. The van der Waals surface area contributed by atoms with Gasteiger partial charge in [-0.1, -0.05) is 0 Å². The van der Waals surface area contributed by atoms with Crippen LogP contribution < -0.4 is 5.32 Å². The standard InChI is InChI=1S/C16H26N4O/c1-11-10-17-7-8-19(11)15(21)13-9-14(12-5-6-12)20(18-13)16(2,3)4/h9,11-12,17H,5-8,10H2,1-4H3/t11-/m0/s1. The molecule has 1 aromatic heterocycles. The predicted octanol–water partition coefficient (Wildman–Crippen LogP) is 1.95. The quantitative estimate of drug-likeness (QED) is 0.905. The molecular weight excluding hydrogens is 264 g/mol. The Balaban J connectivity index is 1.90. The molecule has 1 saturated carbocycles. The molecule has 3 rings (SSSR count). The fourth-order valence-electron chi connectivity index (χ4n) is 3.00. The Kier molecular flexibility index (Phi) is 3.56. The van der Waals surface area contributed by atoms with Crippen LogP contribution in [0.2, 0.25) is 0 Å². The second kappa shape index (κ2) is 5.13. The van der Waals surface area contributed by atoms with Crippen LogP contribution in [0.1, 0.15) is 62.6 Å². The smallest absolute Gasteiger partial charge is 0.274 e. The van der Waals surface area contributed by atoms with E-state index in [1.807, 2.05) is 11.0 Å². The molecule has 0 aromatic carbocycles. The number of hydrogen-bond acceptors (Lipinski definition) is 3. The molecule has 21 heavy (non-hydrogen) atoms. The van der Waals surface area contributed by atoms with E-state index in [1.54, 1.807) is 0 Å². The zero-order chi connectivity index (χ0) is 15.2. The van der Waals surface area contributed by atoms with Crippen LogP contribution in [0, 0.1) is 0 Å². The summed E-state index contributed by atoms with van der Waals surface area (Å²) in [6.45, 7) is 11.0. The zero-order valence-electron chi connectivity index (χ0n) is 13.5. The van der Waals surface area contributed by atoms with Gasteiger partial charge in [-0.05, 0) is 46.6 Å². The molecule has 1 amide bonds.